The lowest BCUT2D eigenvalue weighted by atomic mass is 10.0. The van der Waals surface area contributed by atoms with Crippen molar-refractivity contribution in [2.75, 3.05) is 13.7 Å². The van der Waals surface area contributed by atoms with Crippen LogP contribution in [0.15, 0.2) is 41.3 Å². The van der Waals surface area contributed by atoms with E-state index in [4.69, 9.17) is 4.74 Å². The van der Waals surface area contributed by atoms with Gasteiger partial charge in [0.2, 0.25) is 0 Å². The van der Waals surface area contributed by atoms with E-state index < -0.39 is 0 Å². The first-order valence-electron chi connectivity index (χ1n) is 6.59. The van der Waals surface area contributed by atoms with Gasteiger partial charge in [0.25, 0.3) is 0 Å². The smallest absolute Gasteiger partial charge is 0.142 e. The van der Waals surface area contributed by atoms with Crippen molar-refractivity contribution in [3.8, 4) is 5.75 Å². The zero-order valence-electron chi connectivity index (χ0n) is 11.6. The van der Waals surface area contributed by atoms with E-state index in [1.165, 1.54) is 0 Å². The summed E-state index contributed by atoms with van der Waals surface area (Å²) in [5, 5.41) is 3.50. The van der Waals surface area contributed by atoms with Crippen LogP contribution in [0.4, 0.5) is 0 Å². The van der Waals surface area contributed by atoms with Crippen LogP contribution in [0.5, 0.6) is 5.75 Å². The highest BCUT2D eigenvalue weighted by Gasteiger charge is 2.19. The van der Waals surface area contributed by atoms with Gasteiger partial charge in [0, 0.05) is 23.1 Å². The molecule has 0 bridgehead atoms. The van der Waals surface area contributed by atoms with Crippen LogP contribution in [-0.2, 0) is 0 Å². The predicted octanol–water partition coefficient (Wildman–Crippen LogP) is 3.34. The normalized spacial score (nSPS) is 12.2. The first-order valence-corrected chi connectivity index (χ1v) is 7.38. The SMILES string of the molecule is CCCNC(c1cncc(Br)c1)c1ncccc1OC. The number of hydrogen-bond donors (Lipinski definition) is 1. The largest absolute Gasteiger partial charge is 0.495 e. The van der Waals surface area contributed by atoms with E-state index >= 15 is 0 Å². The van der Waals surface area contributed by atoms with Crippen LogP contribution in [-0.4, -0.2) is 23.6 Å². The molecule has 1 N–H and O–H groups in total. The quantitative estimate of drug-likeness (QED) is 0.879. The number of aromatic nitrogens is 2. The van der Waals surface area contributed by atoms with Gasteiger partial charge in [-0.05, 0) is 52.7 Å². The van der Waals surface area contributed by atoms with Crippen LogP contribution in [0.25, 0.3) is 0 Å². The zero-order valence-corrected chi connectivity index (χ0v) is 13.2. The molecule has 2 heterocycles. The van der Waals surface area contributed by atoms with Gasteiger partial charge in [-0.15, -0.1) is 0 Å². The van der Waals surface area contributed by atoms with Crippen molar-refractivity contribution < 1.29 is 4.74 Å². The fourth-order valence-corrected chi connectivity index (χ4v) is 2.42. The van der Waals surface area contributed by atoms with E-state index in [1.807, 2.05) is 18.3 Å². The Morgan fingerprint density at radius 2 is 2.25 bits per heavy atom. The van der Waals surface area contributed by atoms with Gasteiger partial charge in [-0.2, -0.15) is 0 Å². The maximum absolute atomic E-state index is 5.42. The van der Waals surface area contributed by atoms with Gasteiger partial charge in [-0.1, -0.05) is 6.92 Å². The molecule has 0 aliphatic carbocycles. The Morgan fingerprint density at radius 1 is 1.40 bits per heavy atom. The number of ether oxygens (including phenoxy) is 1. The van der Waals surface area contributed by atoms with Crippen molar-refractivity contribution in [2.24, 2.45) is 0 Å². The van der Waals surface area contributed by atoms with Crippen molar-refractivity contribution in [3.05, 3.63) is 52.5 Å². The maximum Gasteiger partial charge on any atom is 0.142 e. The van der Waals surface area contributed by atoms with E-state index in [1.54, 1.807) is 19.5 Å². The highest BCUT2D eigenvalue weighted by Crippen LogP contribution is 2.28. The molecule has 0 saturated heterocycles. The van der Waals surface area contributed by atoms with Crippen LogP contribution in [0.2, 0.25) is 0 Å². The Labute approximate surface area is 127 Å². The van der Waals surface area contributed by atoms with Crippen LogP contribution >= 0.6 is 15.9 Å². The number of methoxy groups -OCH3 is 1. The number of rotatable bonds is 6. The summed E-state index contributed by atoms with van der Waals surface area (Å²) in [6.07, 6.45) is 6.46. The van der Waals surface area contributed by atoms with Crippen molar-refractivity contribution >= 4 is 15.9 Å². The molecule has 106 valence electrons. The number of nitrogens with one attached hydrogen (secondary N) is 1. The molecule has 0 radical (unpaired) electrons. The van der Waals surface area contributed by atoms with Gasteiger partial charge in [-0.25, -0.2) is 0 Å². The van der Waals surface area contributed by atoms with Crippen LogP contribution in [0.3, 0.4) is 0 Å². The Morgan fingerprint density at radius 3 is 2.95 bits per heavy atom. The molecule has 0 saturated carbocycles. The molecule has 2 aromatic rings. The van der Waals surface area contributed by atoms with Crippen molar-refractivity contribution in [1.29, 1.82) is 0 Å². The van der Waals surface area contributed by atoms with Gasteiger partial charge in [-0.3, -0.25) is 9.97 Å². The van der Waals surface area contributed by atoms with Gasteiger partial charge < -0.3 is 10.1 Å². The maximum atomic E-state index is 5.42. The van der Waals surface area contributed by atoms with Crippen molar-refractivity contribution in [3.63, 3.8) is 0 Å². The van der Waals surface area contributed by atoms with Gasteiger partial charge in [0.15, 0.2) is 0 Å². The average molecular weight is 336 g/mol. The third-order valence-electron chi connectivity index (χ3n) is 2.95. The zero-order chi connectivity index (χ0) is 14.4. The summed E-state index contributed by atoms with van der Waals surface area (Å²) in [5.41, 5.74) is 1.94. The van der Waals surface area contributed by atoms with Gasteiger partial charge >= 0.3 is 0 Å². The van der Waals surface area contributed by atoms with Crippen molar-refractivity contribution in [1.82, 2.24) is 15.3 Å². The molecule has 1 unspecified atom stereocenters. The molecule has 0 aliphatic heterocycles. The number of nitrogens with zero attached hydrogens (tertiary/aromatic N) is 2. The molecule has 0 aliphatic rings. The minimum Gasteiger partial charge on any atom is -0.495 e. The van der Waals surface area contributed by atoms with E-state index in [0.717, 1.165) is 34.4 Å². The summed E-state index contributed by atoms with van der Waals surface area (Å²) in [6, 6.07) is 5.82. The van der Waals surface area contributed by atoms with E-state index in [0.29, 0.717) is 0 Å². The molecule has 0 fully saturated rings. The molecule has 0 amide bonds. The minimum atomic E-state index is -0.0314. The molecule has 2 aromatic heterocycles. The monoisotopic (exact) mass is 335 g/mol. The first-order chi connectivity index (χ1) is 9.76. The lowest BCUT2D eigenvalue weighted by molar-refractivity contribution is 0.399. The Bertz CT molecular complexity index is 562. The summed E-state index contributed by atoms with van der Waals surface area (Å²) >= 11 is 3.46. The topological polar surface area (TPSA) is 47.0 Å². The highest BCUT2D eigenvalue weighted by atomic mass is 79.9. The molecular weight excluding hydrogens is 318 g/mol. The first kappa shape index (κ1) is 14.9. The summed E-state index contributed by atoms with van der Waals surface area (Å²) in [5.74, 6) is 0.779. The second-order valence-corrected chi connectivity index (χ2v) is 5.33. The number of halogens is 1. The lowest BCUT2D eigenvalue weighted by Gasteiger charge is -2.20. The van der Waals surface area contributed by atoms with Crippen LogP contribution in [0, 0.1) is 0 Å². The molecule has 20 heavy (non-hydrogen) atoms. The Kier molecular flexibility index (Phi) is 5.49. The molecule has 0 aromatic carbocycles. The fraction of sp³-hybridized carbons (Fsp3) is 0.333. The predicted molar refractivity (Wildman–Crippen MR) is 82.9 cm³/mol. The van der Waals surface area contributed by atoms with Crippen molar-refractivity contribution in [2.45, 2.75) is 19.4 Å². The Balaban J connectivity index is 2.41. The standard InChI is InChI=1S/C15H18BrN3O/c1-3-6-18-14(11-8-12(16)10-17-9-11)15-13(20-2)5-4-7-19-15/h4-5,7-10,14,18H,3,6H2,1-2H3. The molecule has 1 atom stereocenters. The average Bonchev–Trinajstić information content (AvgIpc) is 2.48. The lowest BCUT2D eigenvalue weighted by Crippen LogP contribution is -2.24. The molecule has 0 spiro atoms. The van der Waals surface area contributed by atoms with E-state index in [2.05, 4.69) is 44.2 Å². The fourth-order valence-electron chi connectivity index (χ4n) is 2.04. The number of pyridine rings is 2. The second-order valence-electron chi connectivity index (χ2n) is 4.41. The highest BCUT2D eigenvalue weighted by molar-refractivity contribution is 9.10. The number of hydrogen-bond acceptors (Lipinski definition) is 4. The van der Waals surface area contributed by atoms with Gasteiger partial charge in [0.1, 0.15) is 11.4 Å². The minimum absolute atomic E-state index is 0.0314. The molecular formula is C15H18BrN3O. The molecule has 2 rings (SSSR count). The summed E-state index contributed by atoms with van der Waals surface area (Å²) in [4.78, 5) is 8.72. The third-order valence-corrected chi connectivity index (χ3v) is 3.38. The third kappa shape index (κ3) is 3.55. The van der Waals surface area contributed by atoms with Crippen LogP contribution in [0.1, 0.15) is 30.6 Å². The Hall–Kier alpha value is -1.46. The van der Waals surface area contributed by atoms with Gasteiger partial charge in [0.05, 0.1) is 13.2 Å². The molecule has 4 nitrogen and oxygen atoms in total. The summed E-state index contributed by atoms with van der Waals surface area (Å²) < 4.78 is 6.38. The summed E-state index contributed by atoms with van der Waals surface area (Å²) in [7, 11) is 1.66. The van der Waals surface area contributed by atoms with Crippen LogP contribution < -0.4 is 10.1 Å². The van der Waals surface area contributed by atoms with E-state index in [9.17, 15) is 0 Å². The van der Waals surface area contributed by atoms with E-state index in [-0.39, 0.29) is 6.04 Å². The molecule has 5 heteroatoms. The summed E-state index contributed by atoms with van der Waals surface area (Å²) in [6.45, 7) is 3.04. The second kappa shape index (κ2) is 7.36.